The van der Waals surface area contributed by atoms with Crippen molar-refractivity contribution in [3.8, 4) is 0 Å². The van der Waals surface area contributed by atoms with Gasteiger partial charge in [0.05, 0.1) is 11.0 Å². The number of rotatable bonds is 5. The monoisotopic (exact) mass is 260 g/mol. The van der Waals surface area contributed by atoms with Crippen LogP contribution in [-0.4, -0.2) is 40.9 Å². The summed E-state index contributed by atoms with van der Waals surface area (Å²) < 4.78 is 0. The Morgan fingerprint density at radius 1 is 1.47 bits per heavy atom. The van der Waals surface area contributed by atoms with Crippen molar-refractivity contribution < 1.29 is 4.79 Å². The fourth-order valence-electron chi connectivity index (χ4n) is 2.08. The minimum atomic E-state index is 0.0981. The molecule has 0 aliphatic heterocycles. The van der Waals surface area contributed by atoms with Gasteiger partial charge in [0.2, 0.25) is 5.91 Å². The van der Waals surface area contributed by atoms with Gasteiger partial charge in [0.25, 0.3) is 0 Å². The predicted octanol–water partition coefficient (Wildman–Crippen LogP) is 1.22. The van der Waals surface area contributed by atoms with Gasteiger partial charge in [-0.15, -0.1) is 0 Å². The van der Waals surface area contributed by atoms with Crippen LogP contribution in [0.4, 0.5) is 0 Å². The van der Waals surface area contributed by atoms with Crippen LogP contribution in [0.3, 0.4) is 0 Å². The maximum atomic E-state index is 11.6. The van der Waals surface area contributed by atoms with E-state index < -0.39 is 0 Å². The van der Waals surface area contributed by atoms with Gasteiger partial charge in [0, 0.05) is 26.6 Å². The Balaban J connectivity index is 1.99. The average Bonchev–Trinajstić information content (AvgIpc) is 2.75. The van der Waals surface area contributed by atoms with Gasteiger partial charge in [0.15, 0.2) is 0 Å². The summed E-state index contributed by atoms with van der Waals surface area (Å²) in [7, 11) is 1.82. The highest BCUT2D eigenvalue weighted by Gasteiger charge is 2.08. The molecule has 0 fully saturated rings. The smallest absolute Gasteiger partial charge is 0.223 e. The number of hydrogen-bond donors (Lipinski definition) is 2. The summed E-state index contributed by atoms with van der Waals surface area (Å²) in [4.78, 5) is 20.9. The van der Waals surface area contributed by atoms with E-state index in [0.717, 1.165) is 23.3 Å². The maximum Gasteiger partial charge on any atom is 0.223 e. The molecule has 0 spiro atoms. The molecule has 0 aliphatic rings. The molecule has 2 rings (SSSR count). The van der Waals surface area contributed by atoms with Crippen molar-refractivity contribution >= 4 is 16.9 Å². The fraction of sp³-hybridized carbons (Fsp3) is 0.429. The van der Waals surface area contributed by atoms with E-state index in [1.165, 1.54) is 5.56 Å². The third kappa shape index (κ3) is 3.32. The van der Waals surface area contributed by atoms with Gasteiger partial charge < -0.3 is 15.6 Å². The summed E-state index contributed by atoms with van der Waals surface area (Å²) in [6.07, 6.45) is 1.25. The van der Waals surface area contributed by atoms with Gasteiger partial charge >= 0.3 is 0 Å². The Morgan fingerprint density at radius 3 is 3.00 bits per heavy atom. The molecule has 1 amide bonds. The lowest BCUT2D eigenvalue weighted by molar-refractivity contribution is -0.129. The first-order valence-corrected chi connectivity index (χ1v) is 6.49. The quantitative estimate of drug-likeness (QED) is 0.848. The Morgan fingerprint density at radius 2 is 2.26 bits per heavy atom. The van der Waals surface area contributed by atoms with Gasteiger partial charge in [-0.25, -0.2) is 4.98 Å². The van der Waals surface area contributed by atoms with Crippen molar-refractivity contribution in [2.45, 2.75) is 19.8 Å². The molecule has 3 N–H and O–H groups in total. The fourth-order valence-corrected chi connectivity index (χ4v) is 2.08. The zero-order valence-corrected chi connectivity index (χ0v) is 11.4. The molecule has 0 saturated carbocycles. The number of benzene rings is 1. The summed E-state index contributed by atoms with van der Waals surface area (Å²) in [6.45, 7) is 3.05. The van der Waals surface area contributed by atoms with Gasteiger partial charge in [-0.05, 0) is 31.0 Å². The number of aromatic amines is 1. The van der Waals surface area contributed by atoms with E-state index >= 15 is 0 Å². The lowest BCUT2D eigenvalue weighted by Gasteiger charge is -2.16. The largest absolute Gasteiger partial charge is 0.345 e. The lowest BCUT2D eigenvalue weighted by Crippen LogP contribution is -2.30. The van der Waals surface area contributed by atoms with E-state index in [2.05, 4.69) is 22.1 Å². The van der Waals surface area contributed by atoms with Crippen molar-refractivity contribution in [1.29, 1.82) is 0 Å². The molecule has 1 aromatic heterocycles. The topological polar surface area (TPSA) is 75.0 Å². The van der Waals surface area contributed by atoms with Crippen LogP contribution in [0.15, 0.2) is 18.2 Å². The zero-order valence-electron chi connectivity index (χ0n) is 11.4. The number of imidazole rings is 1. The van der Waals surface area contributed by atoms with Crippen LogP contribution < -0.4 is 5.73 Å². The second kappa shape index (κ2) is 5.84. The van der Waals surface area contributed by atoms with E-state index in [1.54, 1.807) is 4.90 Å². The summed E-state index contributed by atoms with van der Waals surface area (Å²) in [5, 5.41) is 0. The number of nitrogens with two attached hydrogens (primary N) is 1. The van der Waals surface area contributed by atoms with Crippen molar-refractivity contribution in [1.82, 2.24) is 14.9 Å². The molecule has 102 valence electrons. The van der Waals surface area contributed by atoms with Gasteiger partial charge in [-0.3, -0.25) is 4.79 Å². The number of nitrogens with one attached hydrogen (secondary N) is 1. The molecule has 0 radical (unpaired) electrons. The molecule has 0 atom stereocenters. The summed E-state index contributed by atoms with van der Waals surface area (Å²) >= 11 is 0. The Kier molecular flexibility index (Phi) is 4.16. The van der Waals surface area contributed by atoms with E-state index in [0.29, 0.717) is 19.5 Å². The number of nitrogens with zero attached hydrogens (tertiary/aromatic N) is 2. The van der Waals surface area contributed by atoms with Crippen LogP contribution in [0, 0.1) is 6.92 Å². The highest BCUT2D eigenvalue weighted by atomic mass is 16.2. The molecule has 1 heterocycles. The van der Waals surface area contributed by atoms with Crippen LogP contribution >= 0.6 is 0 Å². The molecule has 0 unspecified atom stereocenters. The summed E-state index contributed by atoms with van der Waals surface area (Å²) in [6, 6.07) is 6.16. The van der Waals surface area contributed by atoms with Crippen molar-refractivity contribution in [2.75, 3.05) is 20.1 Å². The van der Waals surface area contributed by atoms with Gasteiger partial charge in [-0.2, -0.15) is 0 Å². The molecule has 5 nitrogen and oxygen atoms in total. The first-order chi connectivity index (χ1) is 9.10. The van der Waals surface area contributed by atoms with E-state index in [1.807, 2.05) is 20.0 Å². The predicted molar refractivity (Wildman–Crippen MR) is 75.8 cm³/mol. The van der Waals surface area contributed by atoms with Crippen LogP contribution in [0.5, 0.6) is 0 Å². The normalized spacial score (nSPS) is 10.9. The number of likely N-dealkylation sites (N-methyl/N-ethyl adjacent to an activating group) is 1. The minimum absolute atomic E-state index is 0.0981. The summed E-state index contributed by atoms with van der Waals surface area (Å²) in [5.74, 6) is 1.02. The number of hydrogen-bond acceptors (Lipinski definition) is 3. The molecular weight excluding hydrogens is 240 g/mol. The van der Waals surface area contributed by atoms with E-state index in [-0.39, 0.29) is 5.91 Å². The number of carbonyl (C=O) groups excluding carboxylic acids is 1. The van der Waals surface area contributed by atoms with E-state index in [4.69, 9.17) is 5.73 Å². The standard InChI is InChI=1S/C14H20N4O/c1-10-16-12-4-3-11(9-13(12)17-10)6-8-18(2)14(19)5-7-15/h3-4,9H,5-8,15H2,1-2H3,(H,16,17). The number of aryl methyl sites for hydroxylation is 1. The van der Waals surface area contributed by atoms with Crippen molar-refractivity contribution in [3.63, 3.8) is 0 Å². The number of amides is 1. The lowest BCUT2D eigenvalue weighted by atomic mass is 10.1. The maximum absolute atomic E-state index is 11.6. The Labute approximate surface area is 112 Å². The van der Waals surface area contributed by atoms with Gasteiger partial charge in [0.1, 0.15) is 5.82 Å². The van der Waals surface area contributed by atoms with Gasteiger partial charge in [-0.1, -0.05) is 6.07 Å². The molecule has 19 heavy (non-hydrogen) atoms. The molecule has 0 bridgehead atoms. The number of fused-ring (bicyclic) bond motifs is 1. The molecule has 0 aliphatic carbocycles. The molecule has 0 saturated heterocycles. The highest BCUT2D eigenvalue weighted by Crippen LogP contribution is 2.14. The molecule has 1 aromatic carbocycles. The second-order valence-corrected chi connectivity index (χ2v) is 4.78. The first kappa shape index (κ1) is 13.5. The molecule has 2 aromatic rings. The molecule has 5 heteroatoms. The van der Waals surface area contributed by atoms with Crippen molar-refractivity contribution in [3.05, 3.63) is 29.6 Å². The van der Waals surface area contributed by atoms with Crippen molar-refractivity contribution in [2.24, 2.45) is 5.73 Å². The highest BCUT2D eigenvalue weighted by molar-refractivity contribution is 5.76. The van der Waals surface area contributed by atoms with E-state index in [9.17, 15) is 4.79 Å². The minimum Gasteiger partial charge on any atom is -0.345 e. The average molecular weight is 260 g/mol. The van der Waals surface area contributed by atoms with Crippen LogP contribution in [0.25, 0.3) is 11.0 Å². The Bertz CT molecular complexity index is 576. The third-order valence-electron chi connectivity index (χ3n) is 3.18. The number of aromatic nitrogens is 2. The van der Waals surface area contributed by atoms with Crippen LogP contribution in [0.1, 0.15) is 17.8 Å². The number of H-pyrrole nitrogens is 1. The SMILES string of the molecule is Cc1nc2ccc(CCN(C)C(=O)CCN)cc2[nH]1. The summed E-state index contributed by atoms with van der Waals surface area (Å²) in [5.41, 5.74) is 8.61. The van der Waals surface area contributed by atoms with Crippen LogP contribution in [0.2, 0.25) is 0 Å². The number of carbonyl (C=O) groups is 1. The second-order valence-electron chi connectivity index (χ2n) is 4.78. The zero-order chi connectivity index (χ0) is 13.8. The Hall–Kier alpha value is -1.88. The molecular formula is C14H20N4O. The van der Waals surface area contributed by atoms with Crippen LogP contribution in [-0.2, 0) is 11.2 Å². The third-order valence-corrected chi connectivity index (χ3v) is 3.18. The first-order valence-electron chi connectivity index (χ1n) is 6.49.